The Labute approximate surface area is 189 Å². The van der Waals surface area contributed by atoms with Crippen molar-refractivity contribution in [2.45, 2.75) is 24.2 Å². The normalized spacial score (nSPS) is 15.2. The van der Waals surface area contributed by atoms with Crippen LogP contribution < -0.4 is 9.46 Å². The van der Waals surface area contributed by atoms with Crippen LogP contribution in [0.1, 0.15) is 18.4 Å². The van der Waals surface area contributed by atoms with Gasteiger partial charge in [0.15, 0.2) is 0 Å². The van der Waals surface area contributed by atoms with Crippen molar-refractivity contribution in [3.8, 4) is 5.75 Å². The van der Waals surface area contributed by atoms with Gasteiger partial charge in [0.1, 0.15) is 5.75 Å². The highest BCUT2D eigenvalue weighted by atomic mass is 32.2. The van der Waals surface area contributed by atoms with E-state index in [1.807, 2.05) is 24.4 Å². The third kappa shape index (κ3) is 6.10. The Bertz CT molecular complexity index is 1090. The van der Waals surface area contributed by atoms with Crippen molar-refractivity contribution >= 4 is 20.9 Å². The Kier molecular flexibility index (Phi) is 7.81. The minimum atomic E-state index is -3.53. The number of aromatic nitrogens is 1. The van der Waals surface area contributed by atoms with Crippen LogP contribution in [0.15, 0.2) is 59.6 Å². The first kappa shape index (κ1) is 22.8. The standard InChI is InChI=1S/C24H31N3O4S/c28-32(29,26-12-3-5-20-19-25-24-7-2-1-6-23(20)24)22-10-8-21(9-11-22)31-16-4-13-27-14-17-30-18-15-27/h1-2,6-11,19,25-26H,3-5,12-18H2. The molecule has 1 aliphatic heterocycles. The number of aryl methyl sites for hydroxylation is 1. The van der Waals surface area contributed by atoms with Gasteiger partial charge < -0.3 is 14.5 Å². The molecule has 2 aromatic carbocycles. The monoisotopic (exact) mass is 457 g/mol. The molecule has 1 aliphatic rings. The zero-order chi connectivity index (χ0) is 22.2. The SMILES string of the molecule is O=S(=O)(NCCCc1c[nH]c2ccccc12)c1ccc(OCCCN2CCOCC2)cc1. The number of morpholine rings is 1. The summed E-state index contributed by atoms with van der Waals surface area (Å²) in [6.07, 6.45) is 4.46. The molecule has 0 atom stereocenters. The van der Waals surface area contributed by atoms with E-state index in [0.29, 0.717) is 18.9 Å². The predicted octanol–water partition coefficient (Wildman–Crippen LogP) is 3.18. The second-order valence-corrected chi connectivity index (χ2v) is 9.76. The summed E-state index contributed by atoms with van der Waals surface area (Å²) in [5.41, 5.74) is 2.31. The van der Waals surface area contributed by atoms with Crippen molar-refractivity contribution in [2.24, 2.45) is 0 Å². The second-order valence-electron chi connectivity index (χ2n) is 7.99. The number of nitrogens with zero attached hydrogens (tertiary/aromatic N) is 1. The molecule has 172 valence electrons. The summed E-state index contributed by atoms with van der Waals surface area (Å²) in [6, 6.07) is 14.8. The van der Waals surface area contributed by atoms with Crippen LogP contribution in [0.5, 0.6) is 5.75 Å². The van der Waals surface area contributed by atoms with Gasteiger partial charge in [-0.25, -0.2) is 13.1 Å². The van der Waals surface area contributed by atoms with E-state index < -0.39 is 10.0 Å². The smallest absolute Gasteiger partial charge is 0.240 e. The van der Waals surface area contributed by atoms with Gasteiger partial charge in [0, 0.05) is 43.3 Å². The van der Waals surface area contributed by atoms with E-state index in [1.165, 1.54) is 10.9 Å². The quantitative estimate of drug-likeness (QED) is 0.432. The van der Waals surface area contributed by atoms with Crippen LogP contribution in [-0.2, 0) is 21.2 Å². The zero-order valence-corrected chi connectivity index (χ0v) is 19.1. The molecule has 0 unspecified atom stereocenters. The van der Waals surface area contributed by atoms with Crippen LogP contribution >= 0.6 is 0 Å². The number of para-hydroxylation sites is 1. The Hall–Kier alpha value is -2.39. The fourth-order valence-electron chi connectivity index (χ4n) is 3.93. The number of H-pyrrole nitrogens is 1. The third-order valence-electron chi connectivity index (χ3n) is 5.72. The average molecular weight is 458 g/mol. The number of benzene rings is 2. The highest BCUT2D eigenvalue weighted by Crippen LogP contribution is 2.19. The van der Waals surface area contributed by atoms with Crippen LogP contribution in [0.3, 0.4) is 0 Å². The summed E-state index contributed by atoms with van der Waals surface area (Å²) >= 11 is 0. The van der Waals surface area contributed by atoms with Gasteiger partial charge in [-0.05, 0) is 55.2 Å². The van der Waals surface area contributed by atoms with E-state index in [-0.39, 0.29) is 4.90 Å². The van der Waals surface area contributed by atoms with Gasteiger partial charge in [-0.3, -0.25) is 4.90 Å². The molecule has 32 heavy (non-hydrogen) atoms. The number of rotatable bonds is 11. The lowest BCUT2D eigenvalue weighted by Crippen LogP contribution is -2.37. The fourth-order valence-corrected chi connectivity index (χ4v) is 5.00. The number of hydrogen-bond donors (Lipinski definition) is 2. The lowest BCUT2D eigenvalue weighted by atomic mass is 10.1. The van der Waals surface area contributed by atoms with Crippen LogP contribution in [0.4, 0.5) is 0 Å². The summed E-state index contributed by atoms with van der Waals surface area (Å²) in [5, 5.41) is 1.19. The average Bonchev–Trinajstić information content (AvgIpc) is 3.24. The molecule has 1 fully saturated rings. The van der Waals surface area contributed by atoms with Crippen LogP contribution in [0.2, 0.25) is 0 Å². The Morgan fingerprint density at radius 2 is 1.81 bits per heavy atom. The zero-order valence-electron chi connectivity index (χ0n) is 18.3. The van der Waals surface area contributed by atoms with Crippen molar-refractivity contribution in [2.75, 3.05) is 46.0 Å². The molecule has 0 saturated carbocycles. The van der Waals surface area contributed by atoms with Crippen molar-refractivity contribution in [3.05, 3.63) is 60.3 Å². The summed E-state index contributed by atoms with van der Waals surface area (Å²) < 4.78 is 39.0. The largest absolute Gasteiger partial charge is 0.494 e. The molecule has 3 aromatic rings. The van der Waals surface area contributed by atoms with E-state index in [0.717, 1.165) is 57.6 Å². The Balaban J connectivity index is 1.19. The summed E-state index contributed by atoms with van der Waals surface area (Å²) in [4.78, 5) is 5.88. The molecule has 1 saturated heterocycles. The number of aromatic amines is 1. The second kappa shape index (κ2) is 11.0. The molecular formula is C24H31N3O4S. The number of ether oxygens (including phenoxy) is 2. The van der Waals surface area contributed by atoms with Crippen molar-refractivity contribution < 1.29 is 17.9 Å². The van der Waals surface area contributed by atoms with Gasteiger partial charge in [0.05, 0.1) is 24.7 Å². The molecule has 2 heterocycles. The molecule has 0 aliphatic carbocycles. The maximum Gasteiger partial charge on any atom is 0.240 e. The topological polar surface area (TPSA) is 83.7 Å². The lowest BCUT2D eigenvalue weighted by molar-refractivity contribution is 0.0358. The highest BCUT2D eigenvalue weighted by molar-refractivity contribution is 7.89. The summed E-state index contributed by atoms with van der Waals surface area (Å²) in [6.45, 7) is 5.53. The van der Waals surface area contributed by atoms with E-state index in [9.17, 15) is 8.42 Å². The molecule has 8 heteroatoms. The molecule has 1 aromatic heterocycles. The fraction of sp³-hybridized carbons (Fsp3) is 0.417. The molecule has 0 bridgehead atoms. The lowest BCUT2D eigenvalue weighted by Gasteiger charge is -2.26. The molecule has 7 nitrogen and oxygen atoms in total. The van der Waals surface area contributed by atoms with Crippen molar-refractivity contribution in [3.63, 3.8) is 0 Å². The molecule has 0 amide bonds. The van der Waals surface area contributed by atoms with Gasteiger partial charge in [0.25, 0.3) is 0 Å². The van der Waals surface area contributed by atoms with E-state index in [1.54, 1.807) is 24.3 Å². The highest BCUT2D eigenvalue weighted by Gasteiger charge is 2.14. The third-order valence-corrected chi connectivity index (χ3v) is 7.19. The number of sulfonamides is 1. The first-order valence-corrected chi connectivity index (χ1v) is 12.7. The van der Waals surface area contributed by atoms with E-state index >= 15 is 0 Å². The molecule has 0 spiro atoms. The van der Waals surface area contributed by atoms with E-state index in [2.05, 4.69) is 20.7 Å². The predicted molar refractivity (Wildman–Crippen MR) is 126 cm³/mol. The van der Waals surface area contributed by atoms with Crippen molar-refractivity contribution in [1.82, 2.24) is 14.6 Å². The van der Waals surface area contributed by atoms with Crippen LogP contribution in [0, 0.1) is 0 Å². The first-order chi connectivity index (χ1) is 15.6. The van der Waals surface area contributed by atoms with Crippen LogP contribution in [0.25, 0.3) is 10.9 Å². The number of nitrogens with one attached hydrogen (secondary N) is 2. The van der Waals surface area contributed by atoms with Gasteiger partial charge in [-0.2, -0.15) is 0 Å². The summed E-state index contributed by atoms with van der Waals surface area (Å²) in [7, 11) is -3.53. The Morgan fingerprint density at radius 3 is 2.62 bits per heavy atom. The maximum absolute atomic E-state index is 12.6. The molecule has 2 N–H and O–H groups in total. The minimum absolute atomic E-state index is 0.255. The van der Waals surface area contributed by atoms with Gasteiger partial charge in [-0.1, -0.05) is 18.2 Å². The van der Waals surface area contributed by atoms with Gasteiger partial charge in [-0.15, -0.1) is 0 Å². The first-order valence-electron chi connectivity index (χ1n) is 11.2. The maximum atomic E-state index is 12.6. The number of hydrogen-bond acceptors (Lipinski definition) is 5. The molecule has 0 radical (unpaired) electrons. The van der Waals surface area contributed by atoms with Gasteiger partial charge >= 0.3 is 0 Å². The molecular weight excluding hydrogens is 426 g/mol. The van der Waals surface area contributed by atoms with Gasteiger partial charge in [0.2, 0.25) is 10.0 Å². The van der Waals surface area contributed by atoms with Crippen molar-refractivity contribution in [1.29, 1.82) is 0 Å². The van der Waals surface area contributed by atoms with E-state index in [4.69, 9.17) is 9.47 Å². The Morgan fingerprint density at radius 1 is 1.03 bits per heavy atom. The number of fused-ring (bicyclic) bond motifs is 1. The summed E-state index contributed by atoms with van der Waals surface area (Å²) in [5.74, 6) is 0.685. The van der Waals surface area contributed by atoms with Crippen LogP contribution in [-0.4, -0.2) is 64.3 Å². The minimum Gasteiger partial charge on any atom is -0.494 e. The molecule has 4 rings (SSSR count).